The maximum atomic E-state index is 12.2. The van der Waals surface area contributed by atoms with Crippen LogP contribution in [-0.4, -0.2) is 59.5 Å². The lowest BCUT2D eigenvalue weighted by molar-refractivity contribution is -0.138. The number of hydrogen-bond donors (Lipinski definition) is 1. The SMILES string of the molecule is O=C(O)CCN1CCN(C(=O)Cc2ccccc2Cl)CC1. The zero-order valence-corrected chi connectivity index (χ0v) is 12.6. The van der Waals surface area contributed by atoms with Gasteiger partial charge in [0.25, 0.3) is 0 Å². The van der Waals surface area contributed by atoms with Crippen molar-refractivity contribution >= 4 is 23.5 Å². The average Bonchev–Trinajstić information content (AvgIpc) is 2.48. The standard InChI is InChI=1S/C15H19ClN2O3/c16-13-4-2-1-3-12(13)11-14(19)18-9-7-17(8-10-18)6-5-15(20)21/h1-4H,5-11H2,(H,20,21). The molecule has 1 N–H and O–H groups in total. The Morgan fingerprint density at radius 3 is 2.43 bits per heavy atom. The first-order valence-corrected chi connectivity index (χ1v) is 7.39. The lowest BCUT2D eigenvalue weighted by Crippen LogP contribution is -2.49. The Bertz CT molecular complexity index is 513. The van der Waals surface area contributed by atoms with Crippen LogP contribution in [-0.2, 0) is 16.0 Å². The van der Waals surface area contributed by atoms with E-state index < -0.39 is 5.97 Å². The van der Waals surface area contributed by atoms with Gasteiger partial charge in [0.05, 0.1) is 12.8 Å². The largest absolute Gasteiger partial charge is 0.481 e. The molecule has 114 valence electrons. The van der Waals surface area contributed by atoms with Crippen molar-refractivity contribution in [2.45, 2.75) is 12.8 Å². The van der Waals surface area contributed by atoms with Gasteiger partial charge in [-0.2, -0.15) is 0 Å². The molecule has 1 heterocycles. The summed E-state index contributed by atoms with van der Waals surface area (Å²) in [6.45, 7) is 3.27. The molecule has 1 amide bonds. The number of rotatable bonds is 5. The molecule has 5 nitrogen and oxygen atoms in total. The van der Waals surface area contributed by atoms with Gasteiger partial charge in [-0.3, -0.25) is 14.5 Å². The molecule has 21 heavy (non-hydrogen) atoms. The minimum Gasteiger partial charge on any atom is -0.481 e. The molecule has 0 radical (unpaired) electrons. The van der Waals surface area contributed by atoms with Gasteiger partial charge in [-0.1, -0.05) is 29.8 Å². The first-order valence-electron chi connectivity index (χ1n) is 7.01. The summed E-state index contributed by atoms with van der Waals surface area (Å²) >= 11 is 6.07. The van der Waals surface area contributed by atoms with Gasteiger partial charge < -0.3 is 10.0 Å². The predicted octanol–water partition coefficient (Wildman–Crippen LogP) is 1.50. The molecular formula is C15H19ClN2O3. The molecule has 0 bridgehead atoms. The second-order valence-corrected chi connectivity index (χ2v) is 5.54. The fraction of sp³-hybridized carbons (Fsp3) is 0.467. The number of hydrogen-bond acceptors (Lipinski definition) is 3. The van der Waals surface area contributed by atoms with Crippen molar-refractivity contribution in [3.63, 3.8) is 0 Å². The van der Waals surface area contributed by atoms with Gasteiger partial charge in [0.15, 0.2) is 0 Å². The molecule has 0 spiro atoms. The van der Waals surface area contributed by atoms with Gasteiger partial charge in [0, 0.05) is 37.7 Å². The number of amides is 1. The number of carbonyl (C=O) groups is 2. The van der Waals surface area contributed by atoms with Crippen LogP contribution in [0.25, 0.3) is 0 Å². The number of nitrogens with zero attached hydrogens (tertiary/aromatic N) is 2. The number of benzene rings is 1. The van der Waals surface area contributed by atoms with Gasteiger partial charge in [-0.05, 0) is 11.6 Å². The van der Waals surface area contributed by atoms with Crippen LogP contribution in [0, 0.1) is 0 Å². The smallest absolute Gasteiger partial charge is 0.304 e. The number of carboxylic acid groups (broad SMARTS) is 1. The lowest BCUT2D eigenvalue weighted by Gasteiger charge is -2.34. The molecule has 1 aromatic rings. The summed E-state index contributed by atoms with van der Waals surface area (Å²) in [6, 6.07) is 7.37. The highest BCUT2D eigenvalue weighted by molar-refractivity contribution is 6.31. The Kier molecular flexibility index (Phi) is 5.59. The van der Waals surface area contributed by atoms with Crippen molar-refractivity contribution < 1.29 is 14.7 Å². The number of aliphatic carboxylic acids is 1. The third kappa shape index (κ3) is 4.72. The molecule has 0 atom stereocenters. The molecular weight excluding hydrogens is 292 g/mol. The van der Waals surface area contributed by atoms with Crippen molar-refractivity contribution in [1.82, 2.24) is 9.80 Å². The van der Waals surface area contributed by atoms with Gasteiger partial charge in [-0.15, -0.1) is 0 Å². The summed E-state index contributed by atoms with van der Waals surface area (Å²) in [4.78, 5) is 26.7. The van der Waals surface area contributed by atoms with Gasteiger partial charge in [0.1, 0.15) is 0 Å². The molecule has 0 aliphatic carbocycles. The Morgan fingerprint density at radius 2 is 1.81 bits per heavy atom. The van der Waals surface area contributed by atoms with Gasteiger partial charge in [0.2, 0.25) is 5.91 Å². The average molecular weight is 311 g/mol. The third-order valence-electron chi connectivity index (χ3n) is 3.67. The maximum absolute atomic E-state index is 12.2. The Morgan fingerprint density at radius 1 is 1.14 bits per heavy atom. The zero-order valence-electron chi connectivity index (χ0n) is 11.8. The summed E-state index contributed by atoms with van der Waals surface area (Å²) < 4.78 is 0. The first-order chi connectivity index (χ1) is 10.1. The highest BCUT2D eigenvalue weighted by Crippen LogP contribution is 2.16. The summed E-state index contributed by atoms with van der Waals surface area (Å²) in [6.07, 6.45) is 0.461. The molecule has 1 aromatic carbocycles. The molecule has 1 saturated heterocycles. The monoisotopic (exact) mass is 310 g/mol. The van der Waals surface area contributed by atoms with Crippen LogP contribution in [0.1, 0.15) is 12.0 Å². The molecule has 1 aliphatic rings. The quantitative estimate of drug-likeness (QED) is 0.895. The highest BCUT2D eigenvalue weighted by Gasteiger charge is 2.21. The Hall–Kier alpha value is -1.59. The van der Waals surface area contributed by atoms with Gasteiger partial charge in [-0.25, -0.2) is 0 Å². The van der Waals surface area contributed by atoms with Crippen molar-refractivity contribution in [1.29, 1.82) is 0 Å². The van der Waals surface area contributed by atoms with Crippen LogP contribution in [0.3, 0.4) is 0 Å². The molecule has 1 aliphatic heterocycles. The van der Waals surface area contributed by atoms with Crippen LogP contribution in [0.2, 0.25) is 5.02 Å². The van der Waals surface area contributed by atoms with Gasteiger partial charge >= 0.3 is 5.97 Å². The minimum absolute atomic E-state index is 0.0704. The molecule has 2 rings (SSSR count). The van der Waals surface area contributed by atoms with E-state index in [0.717, 1.165) is 18.7 Å². The lowest BCUT2D eigenvalue weighted by atomic mass is 10.1. The van der Waals surface area contributed by atoms with E-state index in [-0.39, 0.29) is 12.3 Å². The fourth-order valence-electron chi connectivity index (χ4n) is 2.39. The summed E-state index contributed by atoms with van der Waals surface area (Å²) in [7, 11) is 0. The van der Waals surface area contributed by atoms with E-state index in [9.17, 15) is 9.59 Å². The normalized spacial score (nSPS) is 16.0. The Balaban J connectivity index is 1.81. The predicted molar refractivity (Wildman–Crippen MR) is 80.4 cm³/mol. The summed E-state index contributed by atoms with van der Waals surface area (Å²) in [5.74, 6) is -0.715. The maximum Gasteiger partial charge on any atom is 0.304 e. The fourth-order valence-corrected chi connectivity index (χ4v) is 2.59. The number of piperazine rings is 1. The van der Waals surface area contributed by atoms with E-state index in [1.165, 1.54) is 0 Å². The van der Waals surface area contributed by atoms with Crippen LogP contribution in [0.15, 0.2) is 24.3 Å². The second kappa shape index (κ2) is 7.43. The zero-order chi connectivity index (χ0) is 15.2. The van der Waals surface area contributed by atoms with Crippen LogP contribution >= 0.6 is 11.6 Å². The second-order valence-electron chi connectivity index (χ2n) is 5.13. The minimum atomic E-state index is -0.785. The number of halogens is 1. The van der Waals surface area contributed by atoms with E-state index in [1.807, 2.05) is 23.1 Å². The number of carbonyl (C=O) groups excluding carboxylic acids is 1. The van der Waals surface area contributed by atoms with E-state index >= 15 is 0 Å². The first kappa shape index (κ1) is 15.8. The molecule has 0 unspecified atom stereocenters. The molecule has 1 fully saturated rings. The molecule has 0 aromatic heterocycles. The summed E-state index contributed by atoms with van der Waals surface area (Å²) in [5, 5.41) is 9.29. The van der Waals surface area contributed by atoms with Crippen molar-refractivity contribution in [2.75, 3.05) is 32.7 Å². The van der Waals surface area contributed by atoms with E-state index in [1.54, 1.807) is 6.07 Å². The van der Waals surface area contributed by atoms with Crippen LogP contribution < -0.4 is 0 Å². The number of carboxylic acids is 1. The van der Waals surface area contributed by atoms with E-state index in [0.29, 0.717) is 31.1 Å². The highest BCUT2D eigenvalue weighted by atomic mass is 35.5. The third-order valence-corrected chi connectivity index (χ3v) is 4.04. The Labute approximate surface area is 129 Å². The topological polar surface area (TPSA) is 60.9 Å². The van der Waals surface area contributed by atoms with Crippen molar-refractivity contribution in [3.8, 4) is 0 Å². The van der Waals surface area contributed by atoms with Crippen molar-refractivity contribution in [3.05, 3.63) is 34.9 Å². The van der Waals surface area contributed by atoms with E-state index in [4.69, 9.17) is 16.7 Å². The molecule has 6 heteroatoms. The molecule has 0 saturated carbocycles. The van der Waals surface area contributed by atoms with Crippen LogP contribution in [0.4, 0.5) is 0 Å². The van der Waals surface area contributed by atoms with Crippen molar-refractivity contribution in [2.24, 2.45) is 0 Å². The van der Waals surface area contributed by atoms with Crippen LogP contribution in [0.5, 0.6) is 0 Å². The summed E-state index contributed by atoms with van der Waals surface area (Å²) in [5.41, 5.74) is 0.845. The van der Waals surface area contributed by atoms with E-state index in [2.05, 4.69) is 4.90 Å².